The van der Waals surface area contributed by atoms with E-state index in [1.54, 1.807) is 18.2 Å². The van der Waals surface area contributed by atoms with Gasteiger partial charge in [-0.05, 0) is 18.2 Å². The maximum Gasteiger partial charge on any atom is 0.113 e. The van der Waals surface area contributed by atoms with Gasteiger partial charge in [0.25, 0.3) is 0 Å². The second kappa shape index (κ2) is 3.96. The van der Waals surface area contributed by atoms with Crippen LogP contribution in [0.15, 0.2) is 48.5 Å². The molecule has 0 bridgehead atoms. The third kappa shape index (κ3) is 1.53. The summed E-state index contributed by atoms with van der Waals surface area (Å²) in [6, 6.07) is 13.9. The van der Waals surface area contributed by atoms with E-state index in [-0.39, 0.29) is 5.56 Å². The van der Waals surface area contributed by atoms with Crippen molar-refractivity contribution >= 4 is 17.0 Å². The van der Waals surface area contributed by atoms with Crippen molar-refractivity contribution in [3.05, 3.63) is 54.1 Å². The molecule has 3 rings (SSSR count). The number of fused-ring (bicyclic) bond motifs is 1. The number of benzene rings is 2. The lowest BCUT2D eigenvalue weighted by Gasteiger charge is -2.09. The molecule has 0 aliphatic carbocycles. The highest BCUT2D eigenvalue weighted by atomic mass is 16.4. The molecule has 0 aliphatic heterocycles. The number of carboxylic acid groups (broad SMARTS) is 1. The summed E-state index contributed by atoms with van der Waals surface area (Å²) in [5.74, 6) is -1.23. The Hall–Kier alpha value is -2.69. The first-order valence-corrected chi connectivity index (χ1v) is 5.38. The standard InChI is InChI=1S/C13H9N3O2/c17-13(18)9-5-1-3-7-11(9)16-12-8-4-2-6-10(12)14-15-16/h1-8H,(H,17,18)/p-1. The van der Waals surface area contributed by atoms with E-state index in [0.29, 0.717) is 11.2 Å². The number of carboxylic acids is 1. The van der Waals surface area contributed by atoms with Crippen LogP contribution in [0.4, 0.5) is 0 Å². The number of carbonyl (C=O) groups excluding carboxylic acids is 1. The maximum atomic E-state index is 11.1. The van der Waals surface area contributed by atoms with Crippen molar-refractivity contribution in [2.45, 2.75) is 0 Å². The molecule has 0 saturated carbocycles. The third-order valence-corrected chi connectivity index (χ3v) is 2.70. The molecule has 0 radical (unpaired) electrons. The van der Waals surface area contributed by atoms with E-state index in [1.165, 1.54) is 10.7 Å². The number of hydrogen-bond acceptors (Lipinski definition) is 4. The molecular weight excluding hydrogens is 230 g/mol. The SMILES string of the molecule is O=C([O-])c1ccccc1-n1nnc2ccccc21. The Labute approximate surface area is 102 Å². The third-order valence-electron chi connectivity index (χ3n) is 2.70. The lowest BCUT2D eigenvalue weighted by atomic mass is 10.2. The van der Waals surface area contributed by atoms with Gasteiger partial charge in [0.2, 0.25) is 0 Å². The van der Waals surface area contributed by atoms with Gasteiger partial charge in [-0.2, -0.15) is 0 Å². The van der Waals surface area contributed by atoms with E-state index in [0.717, 1.165) is 5.52 Å². The van der Waals surface area contributed by atoms with Gasteiger partial charge in [0.15, 0.2) is 0 Å². The first-order valence-electron chi connectivity index (χ1n) is 5.38. The van der Waals surface area contributed by atoms with E-state index in [1.807, 2.05) is 24.3 Å². The fourth-order valence-electron chi connectivity index (χ4n) is 1.88. The van der Waals surface area contributed by atoms with Crippen molar-refractivity contribution in [3.63, 3.8) is 0 Å². The zero-order chi connectivity index (χ0) is 12.5. The Morgan fingerprint density at radius 1 is 1.06 bits per heavy atom. The van der Waals surface area contributed by atoms with Crippen LogP contribution in [0.25, 0.3) is 16.7 Å². The van der Waals surface area contributed by atoms with Crippen LogP contribution in [0.2, 0.25) is 0 Å². The Kier molecular flexibility index (Phi) is 2.30. The van der Waals surface area contributed by atoms with Crippen LogP contribution < -0.4 is 5.11 Å². The number of aromatic nitrogens is 3. The molecule has 1 aromatic heterocycles. The predicted octanol–water partition coefficient (Wildman–Crippen LogP) is 0.784. The summed E-state index contributed by atoms with van der Waals surface area (Å²) in [4.78, 5) is 11.1. The minimum Gasteiger partial charge on any atom is -0.545 e. The average Bonchev–Trinajstić information content (AvgIpc) is 2.82. The molecule has 5 nitrogen and oxygen atoms in total. The molecule has 1 heterocycles. The molecule has 0 N–H and O–H groups in total. The van der Waals surface area contributed by atoms with Gasteiger partial charge in [-0.3, -0.25) is 0 Å². The van der Waals surface area contributed by atoms with Crippen LogP contribution in [0.5, 0.6) is 0 Å². The summed E-state index contributed by atoms with van der Waals surface area (Å²) in [7, 11) is 0. The van der Waals surface area contributed by atoms with Gasteiger partial charge in [0.05, 0.1) is 17.2 Å². The molecule has 5 heteroatoms. The van der Waals surface area contributed by atoms with Crippen molar-refractivity contribution in [3.8, 4) is 5.69 Å². The molecule has 0 unspecified atom stereocenters. The van der Waals surface area contributed by atoms with Crippen LogP contribution in [0, 0.1) is 0 Å². The molecule has 3 aromatic rings. The smallest absolute Gasteiger partial charge is 0.113 e. The normalized spacial score (nSPS) is 10.7. The summed E-state index contributed by atoms with van der Waals surface area (Å²) < 4.78 is 1.50. The average molecular weight is 238 g/mol. The number of carbonyl (C=O) groups is 1. The van der Waals surface area contributed by atoms with E-state index < -0.39 is 5.97 Å². The molecular formula is C13H8N3O2-. The van der Waals surface area contributed by atoms with E-state index >= 15 is 0 Å². The van der Waals surface area contributed by atoms with Gasteiger partial charge in [-0.1, -0.05) is 35.5 Å². The maximum absolute atomic E-state index is 11.1. The molecule has 0 atom stereocenters. The Morgan fingerprint density at radius 2 is 1.78 bits per heavy atom. The highest BCUT2D eigenvalue weighted by molar-refractivity contribution is 5.91. The fraction of sp³-hybridized carbons (Fsp3) is 0. The lowest BCUT2D eigenvalue weighted by molar-refractivity contribution is -0.255. The van der Waals surface area contributed by atoms with Crippen LogP contribution in [-0.2, 0) is 0 Å². The van der Waals surface area contributed by atoms with Crippen molar-refractivity contribution in [1.29, 1.82) is 0 Å². The number of hydrogen-bond donors (Lipinski definition) is 0. The molecule has 18 heavy (non-hydrogen) atoms. The zero-order valence-corrected chi connectivity index (χ0v) is 9.28. The molecule has 0 spiro atoms. The molecule has 0 saturated heterocycles. The second-order valence-corrected chi connectivity index (χ2v) is 3.79. The van der Waals surface area contributed by atoms with Crippen molar-refractivity contribution in [2.75, 3.05) is 0 Å². The summed E-state index contributed by atoms with van der Waals surface area (Å²) in [6.45, 7) is 0. The lowest BCUT2D eigenvalue weighted by Crippen LogP contribution is -2.24. The number of rotatable bonds is 2. The largest absolute Gasteiger partial charge is 0.545 e. The van der Waals surface area contributed by atoms with Crippen LogP contribution in [0.1, 0.15) is 10.4 Å². The van der Waals surface area contributed by atoms with Crippen molar-refractivity contribution < 1.29 is 9.90 Å². The highest BCUT2D eigenvalue weighted by Gasteiger charge is 2.09. The quantitative estimate of drug-likeness (QED) is 0.661. The molecule has 0 amide bonds. The van der Waals surface area contributed by atoms with Crippen molar-refractivity contribution in [2.24, 2.45) is 0 Å². The zero-order valence-electron chi connectivity index (χ0n) is 9.28. The topological polar surface area (TPSA) is 70.8 Å². The molecule has 0 aliphatic rings. The highest BCUT2D eigenvalue weighted by Crippen LogP contribution is 2.18. The monoisotopic (exact) mass is 238 g/mol. The predicted molar refractivity (Wildman–Crippen MR) is 63.2 cm³/mol. The van der Waals surface area contributed by atoms with Crippen molar-refractivity contribution in [1.82, 2.24) is 15.0 Å². The number of para-hydroxylation sites is 2. The van der Waals surface area contributed by atoms with Gasteiger partial charge in [0, 0.05) is 5.56 Å². The van der Waals surface area contributed by atoms with Gasteiger partial charge in [0.1, 0.15) is 5.52 Å². The Morgan fingerprint density at radius 3 is 2.61 bits per heavy atom. The minimum atomic E-state index is -1.23. The molecule has 2 aromatic carbocycles. The van der Waals surface area contributed by atoms with E-state index in [4.69, 9.17) is 0 Å². The van der Waals surface area contributed by atoms with Gasteiger partial charge in [-0.25, -0.2) is 4.68 Å². The fourth-order valence-corrected chi connectivity index (χ4v) is 1.88. The van der Waals surface area contributed by atoms with Crippen LogP contribution >= 0.6 is 0 Å². The summed E-state index contributed by atoms with van der Waals surface area (Å²) >= 11 is 0. The summed E-state index contributed by atoms with van der Waals surface area (Å²) in [5, 5.41) is 19.1. The Bertz CT molecular complexity index is 734. The van der Waals surface area contributed by atoms with Gasteiger partial charge < -0.3 is 9.90 Å². The van der Waals surface area contributed by atoms with E-state index in [2.05, 4.69) is 10.3 Å². The number of nitrogens with zero attached hydrogens (tertiary/aromatic N) is 3. The van der Waals surface area contributed by atoms with Gasteiger partial charge in [-0.15, -0.1) is 5.10 Å². The summed E-state index contributed by atoms with van der Waals surface area (Å²) in [5.41, 5.74) is 2.01. The first kappa shape index (κ1) is 10.5. The van der Waals surface area contributed by atoms with Gasteiger partial charge >= 0.3 is 0 Å². The molecule has 0 fully saturated rings. The minimum absolute atomic E-state index is 0.0909. The number of aromatic carboxylic acids is 1. The first-order chi connectivity index (χ1) is 8.77. The second-order valence-electron chi connectivity index (χ2n) is 3.79. The van der Waals surface area contributed by atoms with Crippen LogP contribution in [0.3, 0.4) is 0 Å². The summed E-state index contributed by atoms with van der Waals surface area (Å²) in [6.07, 6.45) is 0. The van der Waals surface area contributed by atoms with Crippen LogP contribution in [-0.4, -0.2) is 21.0 Å². The van der Waals surface area contributed by atoms with E-state index in [9.17, 15) is 9.90 Å². The molecule has 88 valence electrons. The Balaban J connectivity index is 2.30.